The number of carboxylic acid groups (broad SMARTS) is 1. The molecule has 0 bridgehead atoms. The van der Waals surface area contributed by atoms with E-state index in [0.29, 0.717) is 0 Å². The van der Waals surface area contributed by atoms with Crippen molar-refractivity contribution in [2.24, 2.45) is 0 Å². The van der Waals surface area contributed by atoms with E-state index >= 15 is 0 Å². The van der Waals surface area contributed by atoms with Crippen molar-refractivity contribution in [2.75, 3.05) is 0 Å². The van der Waals surface area contributed by atoms with E-state index in [4.69, 9.17) is 16.7 Å². The molecule has 0 heterocycles. The Bertz CT molecular complexity index is 64.0. The Hall–Kier alpha value is -0.240. The van der Waals surface area contributed by atoms with Crippen LogP contribution in [-0.2, 0) is 4.79 Å². The van der Waals surface area contributed by atoms with Crippen molar-refractivity contribution >= 4 is 17.6 Å². The van der Waals surface area contributed by atoms with Crippen molar-refractivity contribution in [1.29, 1.82) is 0 Å². The molecule has 0 aromatic carbocycles. The third-order valence-electron chi connectivity index (χ3n) is 0.340. The number of hydrogen-bond acceptors (Lipinski definition) is 1. The molecule has 0 fully saturated rings. The first-order chi connectivity index (χ1) is 2.64. The van der Waals surface area contributed by atoms with E-state index in [0.717, 1.165) is 0 Å². The summed E-state index contributed by atoms with van der Waals surface area (Å²) in [6.07, 6.45) is 0. The zero-order valence-corrected chi connectivity index (χ0v) is 4.07. The van der Waals surface area contributed by atoms with Gasteiger partial charge >= 0.3 is 5.97 Å². The van der Waals surface area contributed by atoms with E-state index in [-0.39, 0.29) is 1.43 Å². The third kappa shape index (κ3) is 2.03. The van der Waals surface area contributed by atoms with Crippen LogP contribution in [0.1, 0.15) is 8.35 Å². The molecule has 0 radical (unpaired) electrons. The van der Waals surface area contributed by atoms with Crippen LogP contribution in [0.15, 0.2) is 0 Å². The smallest absolute Gasteiger partial charge is 0.321 e. The van der Waals surface area contributed by atoms with Crippen LogP contribution in [0.25, 0.3) is 0 Å². The Morgan fingerprint density at radius 2 is 2.33 bits per heavy atom. The van der Waals surface area contributed by atoms with Crippen LogP contribution in [-0.4, -0.2) is 16.5 Å². The van der Waals surface area contributed by atoms with Gasteiger partial charge in [-0.3, -0.25) is 4.79 Å². The Kier molecular flexibility index (Phi) is 1.95. The summed E-state index contributed by atoms with van der Waals surface area (Å²) in [5.74, 6) is -0.975. The zero-order valence-electron chi connectivity index (χ0n) is 3.31. The van der Waals surface area contributed by atoms with Crippen LogP contribution in [0.2, 0.25) is 0 Å². The minimum Gasteiger partial charge on any atom is -0.480 e. The predicted molar refractivity (Wildman–Crippen MR) is 25.1 cm³/mol. The van der Waals surface area contributed by atoms with Crippen LogP contribution >= 0.6 is 11.6 Å². The highest BCUT2D eigenvalue weighted by atomic mass is 35.5. The number of halogens is 1. The quantitative estimate of drug-likeness (QED) is 0.510. The number of rotatable bonds is 1. The van der Waals surface area contributed by atoms with E-state index < -0.39 is 11.3 Å². The number of carbonyl (C=O) groups is 1. The van der Waals surface area contributed by atoms with Crippen LogP contribution < -0.4 is 0 Å². The van der Waals surface area contributed by atoms with Gasteiger partial charge in [-0.25, -0.2) is 0 Å². The summed E-state index contributed by atoms with van der Waals surface area (Å²) in [6, 6.07) is 0. The molecule has 38 valence electrons. The molecule has 0 aliphatic rings. The molecule has 0 saturated heterocycles. The zero-order chi connectivity index (χ0) is 5.15. The van der Waals surface area contributed by atoms with Gasteiger partial charge in [0, 0.05) is 1.43 Å². The average molecular weight is 111 g/mol. The third-order valence-corrected chi connectivity index (χ3v) is 0.527. The molecular weight excluding hydrogens is 103 g/mol. The topological polar surface area (TPSA) is 37.3 Å². The van der Waals surface area contributed by atoms with Crippen LogP contribution in [0.4, 0.5) is 0 Å². The highest BCUT2D eigenvalue weighted by Crippen LogP contribution is 1.89. The summed E-state index contributed by atoms with van der Waals surface area (Å²) in [4.78, 5) is 9.57. The number of aliphatic carboxylic acids is 1. The molecule has 0 amide bonds. The summed E-state index contributed by atoms with van der Waals surface area (Å²) in [7, 11) is 0. The molecule has 1 N–H and O–H groups in total. The molecule has 1 atom stereocenters. The lowest BCUT2D eigenvalue weighted by Crippen LogP contribution is -2.06. The maximum absolute atomic E-state index is 9.57. The van der Waals surface area contributed by atoms with Crippen molar-refractivity contribution < 1.29 is 11.3 Å². The fraction of sp³-hybridized carbons (Fsp3) is 0.667. The van der Waals surface area contributed by atoms with Crippen molar-refractivity contribution in [3.05, 3.63) is 0 Å². The second kappa shape index (κ2) is 2.03. The Morgan fingerprint density at radius 3 is 2.33 bits per heavy atom. The van der Waals surface area contributed by atoms with Gasteiger partial charge in [0.05, 0.1) is 0 Å². The molecule has 2 nitrogen and oxygen atoms in total. The van der Waals surface area contributed by atoms with E-state index in [9.17, 15) is 4.79 Å². The van der Waals surface area contributed by atoms with Crippen LogP contribution in [0.5, 0.6) is 0 Å². The van der Waals surface area contributed by atoms with Crippen LogP contribution in [0, 0.1) is 0 Å². The van der Waals surface area contributed by atoms with Gasteiger partial charge in [0.15, 0.2) is 0 Å². The fourth-order valence-electron chi connectivity index (χ4n) is 0. The molecule has 3 heteroatoms. The molecule has 0 aromatic rings. The van der Waals surface area contributed by atoms with Gasteiger partial charge in [-0.15, -0.1) is 11.6 Å². The monoisotopic (exact) mass is 110 g/mol. The van der Waals surface area contributed by atoms with Gasteiger partial charge in [0.2, 0.25) is 0 Å². The largest absolute Gasteiger partial charge is 0.480 e. The summed E-state index contributed by atoms with van der Waals surface area (Å²) in [6.45, 7) is 1.41. The molecule has 0 aliphatic heterocycles. The molecule has 0 spiro atoms. The molecule has 0 rings (SSSR count). The first-order valence-corrected chi connectivity index (χ1v) is 1.95. The standard InChI is InChI=1S/C3H5ClO2.H2/c1-2(4)3(5)6;/h2H,1H3,(H,5,6);1H. The Morgan fingerprint density at radius 1 is 2.17 bits per heavy atom. The van der Waals surface area contributed by atoms with Gasteiger partial charge in [-0.2, -0.15) is 0 Å². The summed E-state index contributed by atoms with van der Waals surface area (Å²) >= 11 is 5.01. The summed E-state index contributed by atoms with van der Waals surface area (Å²) in [5.41, 5.74) is 0. The maximum Gasteiger partial charge on any atom is 0.321 e. The van der Waals surface area contributed by atoms with Gasteiger partial charge in [0.25, 0.3) is 0 Å². The molecule has 0 saturated carbocycles. The minimum absolute atomic E-state index is 0. The number of carboxylic acids is 1. The van der Waals surface area contributed by atoms with Gasteiger partial charge in [-0.05, 0) is 6.92 Å². The van der Waals surface area contributed by atoms with Crippen molar-refractivity contribution in [2.45, 2.75) is 12.3 Å². The summed E-state index contributed by atoms with van der Waals surface area (Å²) < 4.78 is 0. The highest BCUT2D eigenvalue weighted by molar-refractivity contribution is 6.29. The minimum atomic E-state index is -0.975. The lowest BCUT2D eigenvalue weighted by atomic mass is 10.5. The highest BCUT2D eigenvalue weighted by Gasteiger charge is 2.02. The average Bonchev–Trinajstić information content (AvgIpc) is 1.36. The predicted octanol–water partition coefficient (Wildman–Crippen LogP) is 0.944. The van der Waals surface area contributed by atoms with E-state index in [1.807, 2.05) is 0 Å². The van der Waals surface area contributed by atoms with Gasteiger partial charge in [0.1, 0.15) is 5.38 Å². The number of hydrogen-bond donors (Lipinski definition) is 1. The first-order valence-electron chi connectivity index (χ1n) is 1.51. The maximum atomic E-state index is 9.57. The van der Waals surface area contributed by atoms with Crippen LogP contribution in [0.3, 0.4) is 0 Å². The van der Waals surface area contributed by atoms with E-state index in [1.54, 1.807) is 0 Å². The molecular formula is C3H7ClO2. The summed E-state index contributed by atoms with van der Waals surface area (Å²) in [5, 5.41) is 7.10. The van der Waals surface area contributed by atoms with Gasteiger partial charge < -0.3 is 5.11 Å². The molecule has 6 heavy (non-hydrogen) atoms. The van der Waals surface area contributed by atoms with Crippen molar-refractivity contribution in [3.63, 3.8) is 0 Å². The van der Waals surface area contributed by atoms with Crippen molar-refractivity contribution in [3.8, 4) is 0 Å². The lowest BCUT2D eigenvalue weighted by Gasteiger charge is -1.86. The Balaban J connectivity index is 0. The van der Waals surface area contributed by atoms with Gasteiger partial charge in [-0.1, -0.05) is 0 Å². The molecule has 0 aliphatic carbocycles. The first kappa shape index (κ1) is 5.76. The molecule has 1 unspecified atom stereocenters. The second-order valence-corrected chi connectivity index (χ2v) is 1.61. The van der Waals surface area contributed by atoms with E-state index in [1.165, 1.54) is 6.92 Å². The lowest BCUT2D eigenvalue weighted by molar-refractivity contribution is -0.136. The Labute approximate surface area is 42.2 Å². The SMILES string of the molecule is CC(Cl)C(=O)O.[HH]. The number of alkyl halides is 1. The normalized spacial score (nSPS) is 13.7. The van der Waals surface area contributed by atoms with Crippen molar-refractivity contribution in [1.82, 2.24) is 0 Å². The fourth-order valence-corrected chi connectivity index (χ4v) is 0. The van der Waals surface area contributed by atoms with E-state index in [2.05, 4.69) is 0 Å². The molecule has 0 aromatic heterocycles. The second-order valence-electron chi connectivity index (χ2n) is 0.954.